The van der Waals surface area contributed by atoms with Crippen molar-refractivity contribution >= 4 is 11.9 Å². The molecule has 114 valence electrons. The van der Waals surface area contributed by atoms with Crippen molar-refractivity contribution in [2.75, 3.05) is 20.6 Å². The summed E-state index contributed by atoms with van der Waals surface area (Å²) in [4.78, 5) is 27.1. The molecule has 5 nitrogen and oxygen atoms in total. The zero-order chi connectivity index (χ0) is 15.4. The van der Waals surface area contributed by atoms with E-state index in [9.17, 15) is 9.59 Å². The molecule has 1 amide bonds. The number of hydrogen-bond acceptors (Lipinski definition) is 3. The summed E-state index contributed by atoms with van der Waals surface area (Å²) in [6.45, 7) is 1.48. The van der Waals surface area contributed by atoms with Gasteiger partial charge in [-0.2, -0.15) is 0 Å². The first kappa shape index (κ1) is 15.5. The highest BCUT2D eigenvalue weighted by Crippen LogP contribution is 2.22. The highest BCUT2D eigenvalue weighted by molar-refractivity contribution is 5.94. The van der Waals surface area contributed by atoms with Gasteiger partial charge in [0.2, 0.25) is 0 Å². The van der Waals surface area contributed by atoms with Crippen molar-refractivity contribution in [3.63, 3.8) is 0 Å². The van der Waals surface area contributed by atoms with Crippen molar-refractivity contribution in [3.05, 3.63) is 35.4 Å². The van der Waals surface area contributed by atoms with Gasteiger partial charge < -0.3 is 14.9 Å². The maximum atomic E-state index is 12.5. The van der Waals surface area contributed by atoms with Gasteiger partial charge in [-0.25, -0.2) is 0 Å². The summed E-state index contributed by atoms with van der Waals surface area (Å²) >= 11 is 0. The molecule has 1 aliphatic heterocycles. The van der Waals surface area contributed by atoms with E-state index in [0.29, 0.717) is 12.1 Å². The Morgan fingerprint density at radius 1 is 1.29 bits per heavy atom. The molecule has 1 aromatic rings. The molecule has 1 unspecified atom stereocenters. The molecular formula is C16H22N2O3. The molecule has 1 heterocycles. The lowest BCUT2D eigenvalue weighted by atomic mass is 10.1. The predicted octanol–water partition coefficient (Wildman–Crippen LogP) is 1.83. The number of carboxylic acids is 1. The van der Waals surface area contributed by atoms with Gasteiger partial charge in [-0.05, 0) is 44.6 Å². The van der Waals surface area contributed by atoms with Gasteiger partial charge in [0.1, 0.15) is 0 Å². The van der Waals surface area contributed by atoms with Gasteiger partial charge in [0.25, 0.3) is 5.91 Å². The zero-order valence-electron chi connectivity index (χ0n) is 12.6. The van der Waals surface area contributed by atoms with Crippen LogP contribution in [0.5, 0.6) is 0 Å². The average Bonchev–Trinajstić information content (AvgIpc) is 2.85. The van der Waals surface area contributed by atoms with Crippen LogP contribution in [0.15, 0.2) is 24.3 Å². The first-order valence-electron chi connectivity index (χ1n) is 7.24. The molecule has 1 N–H and O–H groups in total. The van der Waals surface area contributed by atoms with Crippen molar-refractivity contribution in [3.8, 4) is 0 Å². The molecule has 5 heteroatoms. The normalized spacial score (nSPS) is 18.2. The molecule has 0 spiro atoms. The minimum atomic E-state index is -0.846. The van der Waals surface area contributed by atoms with E-state index in [0.717, 1.165) is 24.9 Å². The van der Waals surface area contributed by atoms with E-state index < -0.39 is 5.97 Å². The second-order valence-corrected chi connectivity index (χ2v) is 5.83. The second-order valence-electron chi connectivity index (χ2n) is 5.83. The van der Waals surface area contributed by atoms with Crippen molar-refractivity contribution in [1.82, 2.24) is 9.80 Å². The number of carboxylic acid groups (broad SMARTS) is 1. The van der Waals surface area contributed by atoms with E-state index in [4.69, 9.17) is 5.11 Å². The van der Waals surface area contributed by atoms with Crippen molar-refractivity contribution in [2.45, 2.75) is 31.8 Å². The Bertz CT molecular complexity index is 511. The number of benzene rings is 1. The van der Waals surface area contributed by atoms with Crippen LogP contribution in [0.25, 0.3) is 0 Å². The highest BCUT2D eigenvalue weighted by Gasteiger charge is 2.30. The first-order chi connectivity index (χ1) is 9.97. The maximum absolute atomic E-state index is 12.5. The molecule has 0 aliphatic carbocycles. The number of aliphatic carboxylic acids is 1. The van der Waals surface area contributed by atoms with Crippen LogP contribution in [0.3, 0.4) is 0 Å². The lowest BCUT2D eigenvalue weighted by molar-refractivity contribution is -0.137. The lowest BCUT2D eigenvalue weighted by Crippen LogP contribution is -2.36. The fourth-order valence-electron chi connectivity index (χ4n) is 2.80. The number of likely N-dealkylation sites (tertiary alicyclic amines) is 1. The third-order valence-corrected chi connectivity index (χ3v) is 3.75. The Morgan fingerprint density at radius 2 is 1.95 bits per heavy atom. The Labute approximate surface area is 125 Å². The van der Waals surface area contributed by atoms with Gasteiger partial charge in [0.05, 0.1) is 6.42 Å². The third kappa shape index (κ3) is 4.04. The van der Waals surface area contributed by atoms with Crippen LogP contribution in [0.2, 0.25) is 0 Å². The summed E-state index contributed by atoms with van der Waals surface area (Å²) in [6, 6.07) is 7.40. The molecule has 0 radical (unpaired) electrons. The fourth-order valence-corrected chi connectivity index (χ4v) is 2.80. The van der Waals surface area contributed by atoms with Gasteiger partial charge in [-0.1, -0.05) is 12.1 Å². The number of amides is 1. The van der Waals surface area contributed by atoms with E-state index in [1.807, 2.05) is 38.4 Å². The quantitative estimate of drug-likeness (QED) is 0.898. The lowest BCUT2D eigenvalue weighted by Gasteiger charge is -2.23. The van der Waals surface area contributed by atoms with Gasteiger partial charge >= 0.3 is 5.97 Å². The molecule has 0 saturated carbocycles. The van der Waals surface area contributed by atoms with Gasteiger partial charge in [0, 0.05) is 24.7 Å². The monoisotopic (exact) mass is 290 g/mol. The fraction of sp³-hybridized carbons (Fsp3) is 0.500. The summed E-state index contributed by atoms with van der Waals surface area (Å²) in [6.07, 6.45) is 1.68. The van der Waals surface area contributed by atoms with E-state index >= 15 is 0 Å². The minimum Gasteiger partial charge on any atom is -0.481 e. The van der Waals surface area contributed by atoms with Crippen LogP contribution in [-0.4, -0.2) is 53.5 Å². The molecular weight excluding hydrogens is 268 g/mol. The average molecular weight is 290 g/mol. The highest BCUT2D eigenvalue weighted by atomic mass is 16.4. The molecule has 21 heavy (non-hydrogen) atoms. The van der Waals surface area contributed by atoms with Gasteiger partial charge in [-0.15, -0.1) is 0 Å². The van der Waals surface area contributed by atoms with Crippen molar-refractivity contribution < 1.29 is 14.7 Å². The Morgan fingerprint density at radius 3 is 2.52 bits per heavy atom. The third-order valence-electron chi connectivity index (χ3n) is 3.75. The van der Waals surface area contributed by atoms with Gasteiger partial charge in [-0.3, -0.25) is 9.59 Å². The van der Waals surface area contributed by atoms with Crippen LogP contribution >= 0.6 is 0 Å². The molecule has 1 saturated heterocycles. The molecule has 1 aliphatic rings. The number of carbonyl (C=O) groups is 2. The SMILES string of the molecule is CN(C)Cc1ccc(C(=O)N2CCCC2CC(=O)O)cc1. The van der Waals surface area contributed by atoms with Crippen molar-refractivity contribution in [2.24, 2.45) is 0 Å². The predicted molar refractivity (Wildman–Crippen MR) is 80.1 cm³/mol. The van der Waals surface area contributed by atoms with Crippen LogP contribution in [0.4, 0.5) is 0 Å². The van der Waals surface area contributed by atoms with E-state index in [2.05, 4.69) is 4.90 Å². The summed E-state index contributed by atoms with van der Waals surface area (Å²) in [5.41, 5.74) is 1.79. The van der Waals surface area contributed by atoms with Gasteiger partial charge in [0.15, 0.2) is 0 Å². The smallest absolute Gasteiger partial charge is 0.305 e. The van der Waals surface area contributed by atoms with Crippen LogP contribution in [0.1, 0.15) is 35.2 Å². The minimum absolute atomic E-state index is 0.0322. The Hall–Kier alpha value is -1.88. The molecule has 0 aromatic heterocycles. The zero-order valence-corrected chi connectivity index (χ0v) is 12.6. The largest absolute Gasteiger partial charge is 0.481 e. The summed E-state index contributed by atoms with van der Waals surface area (Å²) in [7, 11) is 4.00. The van der Waals surface area contributed by atoms with Crippen LogP contribution in [-0.2, 0) is 11.3 Å². The standard InChI is InChI=1S/C16H22N2O3/c1-17(2)11-12-5-7-13(8-6-12)16(21)18-9-3-4-14(18)10-15(19)20/h5-8,14H,3-4,9-11H2,1-2H3,(H,19,20). The number of carbonyl (C=O) groups excluding carboxylic acids is 1. The first-order valence-corrected chi connectivity index (χ1v) is 7.24. The summed E-state index contributed by atoms with van der Waals surface area (Å²) in [5.74, 6) is -0.906. The molecule has 1 aromatic carbocycles. The second kappa shape index (κ2) is 6.72. The molecule has 1 fully saturated rings. The maximum Gasteiger partial charge on any atom is 0.305 e. The Balaban J connectivity index is 2.06. The summed E-state index contributed by atoms with van der Waals surface area (Å²) in [5, 5.41) is 8.92. The molecule has 2 rings (SSSR count). The van der Waals surface area contributed by atoms with E-state index in [1.165, 1.54) is 0 Å². The van der Waals surface area contributed by atoms with E-state index in [-0.39, 0.29) is 18.4 Å². The van der Waals surface area contributed by atoms with Crippen LogP contribution in [0, 0.1) is 0 Å². The summed E-state index contributed by atoms with van der Waals surface area (Å²) < 4.78 is 0. The number of nitrogens with zero attached hydrogens (tertiary/aromatic N) is 2. The Kier molecular flexibility index (Phi) is 4.96. The number of rotatable bonds is 5. The van der Waals surface area contributed by atoms with Crippen molar-refractivity contribution in [1.29, 1.82) is 0 Å². The molecule has 1 atom stereocenters. The van der Waals surface area contributed by atoms with Crippen LogP contribution < -0.4 is 0 Å². The molecule has 0 bridgehead atoms. The topological polar surface area (TPSA) is 60.9 Å². The van der Waals surface area contributed by atoms with E-state index in [1.54, 1.807) is 4.90 Å². The number of hydrogen-bond donors (Lipinski definition) is 1.